The second-order valence-corrected chi connectivity index (χ2v) is 4.48. The molecule has 1 unspecified atom stereocenters. The average molecular weight is 248 g/mol. The summed E-state index contributed by atoms with van der Waals surface area (Å²) >= 11 is 0. The van der Waals surface area contributed by atoms with Crippen molar-refractivity contribution in [1.82, 2.24) is 10.2 Å². The maximum Gasteiger partial charge on any atom is 0.253 e. The van der Waals surface area contributed by atoms with Crippen LogP contribution in [0.2, 0.25) is 0 Å². The average Bonchev–Trinajstić information content (AvgIpc) is 2.76. The normalized spacial score (nSPS) is 18.7. The molecule has 96 valence electrons. The molecule has 0 aliphatic carbocycles. The van der Waals surface area contributed by atoms with Crippen LogP contribution >= 0.6 is 0 Å². The number of aromatic hydroxyl groups is 1. The molecule has 0 bridgehead atoms. The number of likely N-dealkylation sites (tertiary alicyclic amines) is 1. The van der Waals surface area contributed by atoms with Gasteiger partial charge in [-0.05, 0) is 30.7 Å². The first-order valence-electron chi connectivity index (χ1n) is 5.91. The fraction of sp³-hybridized carbons (Fsp3) is 0.385. The van der Waals surface area contributed by atoms with Gasteiger partial charge in [0.2, 0.25) is 5.91 Å². The highest BCUT2D eigenvalue weighted by Crippen LogP contribution is 2.16. The lowest BCUT2D eigenvalue weighted by Gasteiger charge is -2.16. The lowest BCUT2D eigenvalue weighted by Crippen LogP contribution is -2.37. The van der Waals surface area contributed by atoms with E-state index in [1.54, 1.807) is 17.0 Å². The predicted molar refractivity (Wildman–Crippen MR) is 66.2 cm³/mol. The third-order valence-corrected chi connectivity index (χ3v) is 3.00. The van der Waals surface area contributed by atoms with Gasteiger partial charge in [-0.15, -0.1) is 0 Å². The number of phenolic OH excluding ortho intramolecular Hbond substituents is 1. The number of nitrogens with zero attached hydrogens (tertiary/aromatic N) is 1. The molecule has 1 saturated heterocycles. The summed E-state index contributed by atoms with van der Waals surface area (Å²) in [5.74, 6) is 0.00544. The van der Waals surface area contributed by atoms with Crippen LogP contribution in [0, 0.1) is 0 Å². The van der Waals surface area contributed by atoms with Gasteiger partial charge in [0, 0.05) is 31.6 Å². The molecule has 5 nitrogen and oxygen atoms in total. The highest BCUT2D eigenvalue weighted by Gasteiger charge is 2.27. The second-order valence-electron chi connectivity index (χ2n) is 4.48. The maximum absolute atomic E-state index is 12.1. The zero-order chi connectivity index (χ0) is 13.1. The Morgan fingerprint density at radius 1 is 1.33 bits per heavy atom. The molecule has 18 heavy (non-hydrogen) atoms. The number of hydrogen-bond donors (Lipinski definition) is 2. The fourth-order valence-corrected chi connectivity index (χ4v) is 2.14. The van der Waals surface area contributed by atoms with Crippen LogP contribution in [0.15, 0.2) is 24.3 Å². The Morgan fingerprint density at radius 3 is 2.61 bits per heavy atom. The number of hydrogen-bond acceptors (Lipinski definition) is 3. The monoisotopic (exact) mass is 248 g/mol. The molecule has 1 aromatic rings. The van der Waals surface area contributed by atoms with Gasteiger partial charge >= 0.3 is 0 Å². The van der Waals surface area contributed by atoms with Crippen molar-refractivity contribution in [1.29, 1.82) is 0 Å². The van der Waals surface area contributed by atoms with E-state index < -0.39 is 0 Å². The number of phenols is 1. The van der Waals surface area contributed by atoms with Crippen molar-refractivity contribution in [3.05, 3.63) is 29.8 Å². The Labute approximate surface area is 105 Å². The van der Waals surface area contributed by atoms with Gasteiger partial charge < -0.3 is 15.3 Å². The van der Waals surface area contributed by atoms with Crippen molar-refractivity contribution >= 4 is 11.8 Å². The number of nitrogens with one attached hydrogen (secondary N) is 1. The van der Waals surface area contributed by atoms with Crippen molar-refractivity contribution in [3.8, 4) is 5.75 Å². The van der Waals surface area contributed by atoms with Crippen LogP contribution < -0.4 is 5.32 Å². The summed E-state index contributed by atoms with van der Waals surface area (Å²) in [6, 6.07) is 6.24. The van der Waals surface area contributed by atoms with Gasteiger partial charge in [-0.25, -0.2) is 0 Å². The molecular formula is C13H16N2O3. The quantitative estimate of drug-likeness (QED) is 0.811. The van der Waals surface area contributed by atoms with Gasteiger partial charge in [-0.3, -0.25) is 9.59 Å². The minimum atomic E-state index is -0.0704. The molecule has 2 N–H and O–H groups in total. The van der Waals surface area contributed by atoms with Crippen molar-refractivity contribution in [2.45, 2.75) is 19.4 Å². The summed E-state index contributed by atoms with van der Waals surface area (Å²) in [5, 5.41) is 12.0. The lowest BCUT2D eigenvalue weighted by atomic mass is 10.2. The van der Waals surface area contributed by atoms with Gasteiger partial charge in [-0.1, -0.05) is 0 Å². The smallest absolute Gasteiger partial charge is 0.253 e. The van der Waals surface area contributed by atoms with E-state index in [-0.39, 0.29) is 23.6 Å². The van der Waals surface area contributed by atoms with E-state index >= 15 is 0 Å². The van der Waals surface area contributed by atoms with Gasteiger partial charge in [0.15, 0.2) is 0 Å². The van der Waals surface area contributed by atoms with E-state index in [0.717, 1.165) is 6.42 Å². The molecule has 0 radical (unpaired) electrons. The number of benzene rings is 1. The first-order chi connectivity index (χ1) is 8.56. The minimum Gasteiger partial charge on any atom is -0.508 e. The van der Waals surface area contributed by atoms with E-state index in [1.807, 2.05) is 0 Å². The number of carbonyl (C=O) groups excluding carboxylic acids is 2. The molecule has 1 fully saturated rings. The highest BCUT2D eigenvalue weighted by molar-refractivity contribution is 5.94. The minimum absolute atomic E-state index is 0.0450. The Bertz CT molecular complexity index is 456. The molecule has 5 heteroatoms. The predicted octanol–water partition coefficient (Wildman–Crippen LogP) is 0.743. The largest absolute Gasteiger partial charge is 0.508 e. The topological polar surface area (TPSA) is 69.6 Å². The van der Waals surface area contributed by atoms with Crippen LogP contribution in [0.4, 0.5) is 0 Å². The van der Waals surface area contributed by atoms with Crippen molar-refractivity contribution in [2.75, 3.05) is 13.1 Å². The Hall–Kier alpha value is -2.04. The highest BCUT2D eigenvalue weighted by atomic mass is 16.3. The molecule has 1 atom stereocenters. The van der Waals surface area contributed by atoms with Crippen LogP contribution in [0.25, 0.3) is 0 Å². The number of carbonyl (C=O) groups is 2. The molecule has 2 amide bonds. The third kappa shape index (κ3) is 2.80. The zero-order valence-electron chi connectivity index (χ0n) is 10.2. The molecule has 1 aromatic carbocycles. The second kappa shape index (κ2) is 5.08. The number of amides is 2. The van der Waals surface area contributed by atoms with E-state index in [9.17, 15) is 14.7 Å². The maximum atomic E-state index is 12.1. The summed E-state index contributed by atoms with van der Waals surface area (Å²) in [4.78, 5) is 24.8. The molecule has 1 heterocycles. The van der Waals surface area contributed by atoms with E-state index in [1.165, 1.54) is 19.1 Å². The Kier molecular flexibility index (Phi) is 3.50. The summed E-state index contributed by atoms with van der Waals surface area (Å²) in [5.41, 5.74) is 0.552. The molecule has 0 aromatic heterocycles. The Balaban J connectivity index is 1.99. The van der Waals surface area contributed by atoms with Crippen molar-refractivity contribution in [2.24, 2.45) is 0 Å². The summed E-state index contributed by atoms with van der Waals surface area (Å²) < 4.78 is 0. The number of rotatable bonds is 2. The van der Waals surface area contributed by atoms with Crippen LogP contribution in [-0.4, -0.2) is 41.0 Å². The van der Waals surface area contributed by atoms with E-state index in [0.29, 0.717) is 18.7 Å². The zero-order valence-corrected chi connectivity index (χ0v) is 10.2. The molecule has 0 saturated carbocycles. The van der Waals surface area contributed by atoms with Gasteiger partial charge in [-0.2, -0.15) is 0 Å². The summed E-state index contributed by atoms with van der Waals surface area (Å²) in [6.07, 6.45) is 0.781. The van der Waals surface area contributed by atoms with Crippen LogP contribution in [-0.2, 0) is 4.79 Å². The van der Waals surface area contributed by atoms with E-state index in [4.69, 9.17) is 0 Å². The molecule has 0 spiro atoms. The molecular weight excluding hydrogens is 232 g/mol. The first kappa shape index (κ1) is 12.4. The summed E-state index contributed by atoms with van der Waals surface area (Å²) in [7, 11) is 0. The van der Waals surface area contributed by atoms with Crippen molar-refractivity contribution in [3.63, 3.8) is 0 Å². The first-order valence-corrected chi connectivity index (χ1v) is 5.91. The van der Waals surface area contributed by atoms with Crippen LogP contribution in [0.1, 0.15) is 23.7 Å². The van der Waals surface area contributed by atoms with E-state index in [2.05, 4.69) is 5.32 Å². The van der Waals surface area contributed by atoms with Gasteiger partial charge in [0.25, 0.3) is 5.91 Å². The lowest BCUT2D eigenvalue weighted by molar-refractivity contribution is -0.119. The van der Waals surface area contributed by atoms with Gasteiger partial charge in [0.05, 0.1) is 0 Å². The third-order valence-electron chi connectivity index (χ3n) is 3.00. The summed E-state index contributed by atoms with van der Waals surface area (Å²) in [6.45, 7) is 2.66. The van der Waals surface area contributed by atoms with Crippen molar-refractivity contribution < 1.29 is 14.7 Å². The standard InChI is InChI=1S/C13H16N2O3/c1-9(16)14-11-6-7-15(8-11)13(18)10-2-4-12(17)5-3-10/h2-5,11,17H,6-8H2,1H3,(H,14,16). The van der Waals surface area contributed by atoms with Gasteiger partial charge in [0.1, 0.15) is 5.75 Å². The van der Waals surface area contributed by atoms with Crippen LogP contribution in [0.3, 0.4) is 0 Å². The molecule has 2 rings (SSSR count). The fourth-order valence-electron chi connectivity index (χ4n) is 2.14. The Morgan fingerprint density at radius 2 is 2.00 bits per heavy atom. The van der Waals surface area contributed by atoms with Crippen LogP contribution in [0.5, 0.6) is 5.75 Å². The molecule has 1 aliphatic heterocycles. The SMILES string of the molecule is CC(=O)NC1CCN(C(=O)c2ccc(O)cc2)C1. The molecule has 1 aliphatic rings.